The lowest BCUT2D eigenvalue weighted by atomic mass is 9.82. The zero-order valence-corrected chi connectivity index (χ0v) is 19.5. The van der Waals surface area contributed by atoms with Gasteiger partial charge in [-0.1, -0.05) is 25.0 Å². The number of carboxylic acids is 1. The van der Waals surface area contributed by atoms with E-state index in [0.717, 1.165) is 25.0 Å². The van der Waals surface area contributed by atoms with E-state index in [0.29, 0.717) is 50.6 Å². The normalized spacial score (nSPS) is 24.4. The van der Waals surface area contributed by atoms with Crippen LogP contribution in [-0.4, -0.2) is 45.4 Å². The van der Waals surface area contributed by atoms with Gasteiger partial charge in [-0.05, 0) is 75.1 Å². The zero-order valence-electron chi connectivity index (χ0n) is 19.5. The summed E-state index contributed by atoms with van der Waals surface area (Å²) < 4.78 is 78.6. The highest BCUT2D eigenvalue weighted by Crippen LogP contribution is 2.42. The van der Waals surface area contributed by atoms with E-state index >= 15 is 0 Å². The van der Waals surface area contributed by atoms with Crippen LogP contribution in [0.5, 0.6) is 0 Å². The van der Waals surface area contributed by atoms with Crippen molar-refractivity contribution in [2.45, 2.75) is 101 Å². The van der Waals surface area contributed by atoms with Gasteiger partial charge in [-0.3, -0.25) is 9.69 Å². The number of carboxylic acid groups (broad SMARTS) is 1. The lowest BCUT2D eigenvalue weighted by Crippen LogP contribution is -2.45. The molecule has 10 heteroatoms. The maximum Gasteiger partial charge on any atom is 0.416 e. The van der Waals surface area contributed by atoms with Crippen LogP contribution in [0.25, 0.3) is 0 Å². The van der Waals surface area contributed by atoms with Crippen LogP contribution in [0.1, 0.15) is 87.8 Å². The summed E-state index contributed by atoms with van der Waals surface area (Å²) in [5, 5.41) is 20.0. The van der Waals surface area contributed by atoms with Crippen molar-refractivity contribution in [2.24, 2.45) is 5.92 Å². The summed E-state index contributed by atoms with van der Waals surface area (Å²) in [6.45, 7) is 0.352. The fourth-order valence-corrected chi connectivity index (χ4v) is 5.67. The molecule has 4 nitrogen and oxygen atoms in total. The van der Waals surface area contributed by atoms with Gasteiger partial charge in [0.05, 0.1) is 11.2 Å². The fourth-order valence-electron chi connectivity index (χ4n) is 5.67. The Morgan fingerprint density at radius 3 is 2.23 bits per heavy atom. The largest absolute Gasteiger partial charge is 0.481 e. The third kappa shape index (κ3) is 8.10. The Morgan fingerprint density at radius 1 is 1.06 bits per heavy atom. The van der Waals surface area contributed by atoms with Crippen molar-refractivity contribution in [1.29, 1.82) is 0 Å². The van der Waals surface area contributed by atoms with E-state index in [1.807, 2.05) is 4.90 Å². The summed E-state index contributed by atoms with van der Waals surface area (Å²) in [4.78, 5) is 13.2. The molecule has 0 radical (unpaired) electrons. The molecule has 1 saturated heterocycles. The monoisotopic (exact) mass is 509 g/mol. The predicted molar refractivity (Wildman–Crippen MR) is 118 cm³/mol. The SMILES string of the molecule is O=C(O)CC1CCN(C(CCC(F)(F)F)CCC2(O)CCCC2)C(c2ccc(C(F)(F)F)cc2)C1. The molecular formula is C25H33F6NO3. The molecule has 0 spiro atoms. The van der Waals surface area contributed by atoms with E-state index in [4.69, 9.17) is 0 Å². The quantitative estimate of drug-likeness (QED) is 0.363. The Labute approximate surface area is 201 Å². The number of alkyl halides is 6. The van der Waals surface area contributed by atoms with Gasteiger partial charge in [0.15, 0.2) is 0 Å². The van der Waals surface area contributed by atoms with Crippen molar-refractivity contribution in [3.63, 3.8) is 0 Å². The Hall–Kier alpha value is -1.81. The van der Waals surface area contributed by atoms with Crippen molar-refractivity contribution in [3.05, 3.63) is 35.4 Å². The van der Waals surface area contributed by atoms with Gasteiger partial charge in [0.1, 0.15) is 0 Å². The van der Waals surface area contributed by atoms with Crippen LogP contribution in [-0.2, 0) is 11.0 Å². The second-order valence-corrected chi connectivity index (χ2v) is 10.1. The zero-order chi connectivity index (χ0) is 25.9. The van der Waals surface area contributed by atoms with Gasteiger partial charge in [0, 0.05) is 24.9 Å². The number of nitrogens with zero attached hydrogens (tertiary/aromatic N) is 1. The first kappa shape index (κ1) is 27.8. The molecule has 2 aliphatic rings. The molecule has 1 heterocycles. The molecule has 1 aliphatic heterocycles. The van der Waals surface area contributed by atoms with E-state index in [1.54, 1.807) is 0 Å². The smallest absolute Gasteiger partial charge is 0.416 e. The Bertz CT molecular complexity index is 833. The minimum atomic E-state index is -4.51. The summed E-state index contributed by atoms with van der Waals surface area (Å²) in [5.41, 5.74) is -1.17. The minimum Gasteiger partial charge on any atom is -0.481 e. The van der Waals surface area contributed by atoms with E-state index in [1.165, 1.54) is 12.1 Å². The number of halogens is 6. The molecule has 1 aliphatic carbocycles. The Balaban J connectivity index is 1.86. The molecule has 3 atom stereocenters. The van der Waals surface area contributed by atoms with Gasteiger partial charge in [-0.25, -0.2) is 0 Å². The van der Waals surface area contributed by atoms with Crippen LogP contribution >= 0.6 is 0 Å². The second-order valence-electron chi connectivity index (χ2n) is 10.1. The van der Waals surface area contributed by atoms with Crippen LogP contribution in [0, 0.1) is 5.92 Å². The second kappa shape index (κ2) is 11.1. The maximum absolute atomic E-state index is 13.1. The number of rotatable bonds is 9. The van der Waals surface area contributed by atoms with Gasteiger partial charge in [-0.2, -0.15) is 26.3 Å². The number of benzene rings is 1. The maximum atomic E-state index is 13.1. The Kier molecular flexibility index (Phi) is 8.78. The van der Waals surface area contributed by atoms with Crippen LogP contribution in [0.4, 0.5) is 26.3 Å². The minimum absolute atomic E-state index is 0.0993. The van der Waals surface area contributed by atoms with E-state index < -0.39 is 48.0 Å². The first-order chi connectivity index (χ1) is 16.3. The average molecular weight is 510 g/mol. The lowest BCUT2D eigenvalue weighted by molar-refractivity contribution is -0.142. The summed E-state index contributed by atoms with van der Waals surface area (Å²) in [6, 6.07) is 3.58. The molecule has 2 N–H and O–H groups in total. The van der Waals surface area contributed by atoms with Gasteiger partial charge in [0.2, 0.25) is 0 Å². The van der Waals surface area contributed by atoms with Crippen LogP contribution in [0.2, 0.25) is 0 Å². The van der Waals surface area contributed by atoms with Crippen molar-refractivity contribution in [3.8, 4) is 0 Å². The van der Waals surface area contributed by atoms with Crippen molar-refractivity contribution in [1.82, 2.24) is 4.90 Å². The highest BCUT2D eigenvalue weighted by molar-refractivity contribution is 5.67. The van der Waals surface area contributed by atoms with Crippen LogP contribution < -0.4 is 0 Å². The first-order valence-electron chi connectivity index (χ1n) is 12.2. The highest BCUT2D eigenvalue weighted by Gasteiger charge is 2.39. The van der Waals surface area contributed by atoms with E-state index in [-0.39, 0.29) is 18.8 Å². The first-order valence-corrected chi connectivity index (χ1v) is 12.2. The molecule has 2 fully saturated rings. The molecule has 1 aromatic rings. The number of piperidine rings is 1. The van der Waals surface area contributed by atoms with Crippen LogP contribution in [0.15, 0.2) is 24.3 Å². The number of aliphatic carboxylic acids is 1. The molecule has 0 amide bonds. The van der Waals surface area contributed by atoms with Crippen molar-refractivity contribution >= 4 is 5.97 Å². The summed E-state index contributed by atoms with van der Waals surface area (Å²) >= 11 is 0. The van der Waals surface area contributed by atoms with Gasteiger partial charge >= 0.3 is 18.3 Å². The van der Waals surface area contributed by atoms with E-state index in [2.05, 4.69) is 0 Å². The molecule has 0 aromatic heterocycles. The topological polar surface area (TPSA) is 60.8 Å². The van der Waals surface area contributed by atoms with E-state index in [9.17, 15) is 41.4 Å². The Morgan fingerprint density at radius 2 is 1.69 bits per heavy atom. The summed E-state index contributed by atoms with van der Waals surface area (Å²) in [7, 11) is 0. The fraction of sp³-hybridized carbons (Fsp3) is 0.720. The number of hydrogen-bond donors (Lipinski definition) is 2. The summed E-state index contributed by atoms with van der Waals surface area (Å²) in [6.07, 6.45) is -5.64. The molecule has 3 rings (SSSR count). The average Bonchev–Trinajstić information content (AvgIpc) is 3.19. The number of hydrogen-bond acceptors (Lipinski definition) is 3. The number of likely N-dealkylation sites (tertiary alicyclic amines) is 1. The van der Waals surface area contributed by atoms with Crippen molar-refractivity contribution < 1.29 is 41.4 Å². The highest BCUT2D eigenvalue weighted by atomic mass is 19.4. The predicted octanol–water partition coefficient (Wildman–Crippen LogP) is 6.73. The molecule has 1 aromatic carbocycles. The van der Waals surface area contributed by atoms with Crippen molar-refractivity contribution in [2.75, 3.05) is 6.54 Å². The lowest BCUT2D eigenvalue weighted by Gasteiger charge is -2.45. The molecule has 35 heavy (non-hydrogen) atoms. The molecule has 0 bridgehead atoms. The summed E-state index contributed by atoms with van der Waals surface area (Å²) in [5.74, 6) is -1.20. The van der Waals surface area contributed by atoms with Gasteiger partial charge < -0.3 is 10.2 Å². The molecule has 198 valence electrons. The molecule has 3 unspecified atom stereocenters. The molecule has 1 saturated carbocycles. The molecular weight excluding hydrogens is 476 g/mol. The standard InChI is InChI=1S/C25H33F6NO3/c26-24(27,28)13-8-20(7-12-23(35)10-1-2-11-23)32-14-9-17(16-22(33)34)15-21(32)18-3-5-19(6-4-18)25(29,30)31/h3-6,17,20-21,35H,1-2,7-16H2,(H,33,34). The van der Waals surface area contributed by atoms with Crippen LogP contribution in [0.3, 0.4) is 0 Å². The number of carbonyl (C=O) groups is 1. The third-order valence-electron chi connectivity index (χ3n) is 7.55. The number of aliphatic hydroxyl groups is 1. The third-order valence-corrected chi connectivity index (χ3v) is 7.55. The van der Waals surface area contributed by atoms with Gasteiger partial charge in [0.25, 0.3) is 0 Å². The van der Waals surface area contributed by atoms with Gasteiger partial charge in [-0.15, -0.1) is 0 Å².